The van der Waals surface area contributed by atoms with Gasteiger partial charge < -0.3 is 14.1 Å². The number of likely N-dealkylation sites (tertiary alicyclic amines) is 1. The summed E-state index contributed by atoms with van der Waals surface area (Å²) >= 11 is 0. The molecule has 1 unspecified atom stereocenters. The van der Waals surface area contributed by atoms with Crippen LogP contribution in [0.15, 0.2) is 27.4 Å². The zero-order valence-electron chi connectivity index (χ0n) is 17.6. The topological polar surface area (TPSA) is 76.8 Å². The van der Waals surface area contributed by atoms with Gasteiger partial charge in [0.15, 0.2) is 0 Å². The quantitative estimate of drug-likeness (QED) is 0.563. The predicted molar refractivity (Wildman–Crippen MR) is 111 cm³/mol. The lowest BCUT2D eigenvalue weighted by molar-refractivity contribution is -0.153. The van der Waals surface area contributed by atoms with E-state index in [1.807, 2.05) is 26.0 Å². The number of carbonyl (C=O) groups is 2. The van der Waals surface area contributed by atoms with E-state index in [-0.39, 0.29) is 24.4 Å². The molecule has 0 radical (unpaired) electrons. The summed E-state index contributed by atoms with van der Waals surface area (Å²) < 4.78 is 10.9. The third kappa shape index (κ3) is 4.69. The fraction of sp³-hybridized carbons (Fsp3) is 0.522. The van der Waals surface area contributed by atoms with E-state index in [1.165, 1.54) is 11.6 Å². The van der Waals surface area contributed by atoms with Gasteiger partial charge >= 0.3 is 11.6 Å². The normalized spacial score (nSPS) is 17.0. The second kappa shape index (κ2) is 8.80. The Hall–Kier alpha value is -2.63. The molecule has 1 saturated heterocycles. The largest absolute Gasteiger partial charge is 0.461 e. The molecule has 156 valence electrons. The third-order valence-electron chi connectivity index (χ3n) is 5.62. The molecule has 0 aliphatic carbocycles. The van der Waals surface area contributed by atoms with Gasteiger partial charge in [0.2, 0.25) is 5.91 Å². The Bertz CT molecular complexity index is 975. The van der Waals surface area contributed by atoms with E-state index in [1.54, 1.807) is 4.90 Å². The number of esters is 1. The highest BCUT2D eigenvalue weighted by atomic mass is 16.5. The van der Waals surface area contributed by atoms with Crippen LogP contribution in [0.5, 0.6) is 0 Å². The van der Waals surface area contributed by atoms with Crippen molar-refractivity contribution in [2.24, 2.45) is 5.92 Å². The maximum Gasteiger partial charge on any atom is 0.336 e. The Kier molecular flexibility index (Phi) is 6.40. The summed E-state index contributed by atoms with van der Waals surface area (Å²) in [5.41, 5.74) is 2.91. The molecule has 2 aromatic rings. The van der Waals surface area contributed by atoms with Crippen molar-refractivity contribution in [3.05, 3.63) is 45.3 Å². The molecule has 1 atom stereocenters. The number of piperidine rings is 1. The number of fused-ring (bicyclic) bond motifs is 1. The standard InChI is InChI=1S/C23H29NO5/c1-5-21(25)24-8-6-7-16(12-24)23(27)28-13-17-10-22(26)29-20-9-15(4)18(14(2)3)11-19(17)20/h9-11,14,16H,5-8,12-13H2,1-4H3. The summed E-state index contributed by atoms with van der Waals surface area (Å²) in [4.78, 5) is 38.3. The average molecular weight is 399 g/mol. The molecular weight excluding hydrogens is 370 g/mol. The van der Waals surface area contributed by atoms with Crippen LogP contribution in [0.25, 0.3) is 11.0 Å². The molecule has 0 N–H and O–H groups in total. The van der Waals surface area contributed by atoms with Crippen LogP contribution < -0.4 is 5.63 Å². The zero-order chi connectivity index (χ0) is 21.1. The molecule has 6 nitrogen and oxygen atoms in total. The molecule has 0 bridgehead atoms. The van der Waals surface area contributed by atoms with Gasteiger partial charge in [0.05, 0.1) is 5.92 Å². The molecule has 1 aromatic carbocycles. The van der Waals surface area contributed by atoms with Crippen molar-refractivity contribution >= 4 is 22.8 Å². The maximum atomic E-state index is 12.6. The van der Waals surface area contributed by atoms with Gasteiger partial charge in [0.1, 0.15) is 12.2 Å². The number of nitrogens with zero attached hydrogens (tertiary/aromatic N) is 1. The predicted octanol–water partition coefficient (Wildman–Crippen LogP) is 3.92. The van der Waals surface area contributed by atoms with E-state index in [9.17, 15) is 14.4 Å². The molecule has 1 aromatic heterocycles. The van der Waals surface area contributed by atoms with Gasteiger partial charge in [-0.1, -0.05) is 20.8 Å². The van der Waals surface area contributed by atoms with Gasteiger partial charge in [-0.15, -0.1) is 0 Å². The van der Waals surface area contributed by atoms with E-state index in [0.717, 1.165) is 17.4 Å². The summed E-state index contributed by atoms with van der Waals surface area (Å²) in [6, 6.07) is 5.28. The molecule has 1 aliphatic rings. The lowest BCUT2D eigenvalue weighted by Crippen LogP contribution is -2.42. The smallest absolute Gasteiger partial charge is 0.336 e. The van der Waals surface area contributed by atoms with Gasteiger partial charge in [-0.2, -0.15) is 0 Å². The molecule has 1 amide bonds. The van der Waals surface area contributed by atoms with E-state index < -0.39 is 5.63 Å². The molecule has 6 heteroatoms. The van der Waals surface area contributed by atoms with Crippen LogP contribution in [0.3, 0.4) is 0 Å². The first-order valence-electron chi connectivity index (χ1n) is 10.3. The number of aryl methyl sites for hydroxylation is 1. The Balaban J connectivity index is 1.79. The molecule has 1 fully saturated rings. The van der Waals surface area contributed by atoms with Crippen molar-refractivity contribution < 1.29 is 18.7 Å². The van der Waals surface area contributed by atoms with E-state index in [4.69, 9.17) is 9.15 Å². The number of benzene rings is 1. The minimum absolute atomic E-state index is 0.0136. The Labute approximate surface area is 170 Å². The number of hydrogen-bond acceptors (Lipinski definition) is 5. The lowest BCUT2D eigenvalue weighted by Gasteiger charge is -2.31. The fourth-order valence-corrected chi connectivity index (χ4v) is 4.02. The molecular formula is C23H29NO5. The van der Waals surface area contributed by atoms with Crippen molar-refractivity contribution in [3.8, 4) is 0 Å². The van der Waals surface area contributed by atoms with E-state index >= 15 is 0 Å². The zero-order valence-corrected chi connectivity index (χ0v) is 17.6. The summed E-state index contributed by atoms with van der Waals surface area (Å²) in [7, 11) is 0. The van der Waals surface area contributed by atoms with Crippen molar-refractivity contribution in [3.63, 3.8) is 0 Å². The van der Waals surface area contributed by atoms with Gasteiger partial charge in [0, 0.05) is 36.5 Å². The van der Waals surface area contributed by atoms with Crippen LogP contribution in [0, 0.1) is 12.8 Å². The van der Waals surface area contributed by atoms with Crippen LogP contribution >= 0.6 is 0 Å². The SMILES string of the molecule is CCC(=O)N1CCCC(C(=O)OCc2cc(=O)oc3cc(C)c(C(C)C)cc23)C1. The monoisotopic (exact) mass is 399 g/mol. The highest BCUT2D eigenvalue weighted by Gasteiger charge is 2.29. The van der Waals surface area contributed by atoms with Gasteiger partial charge in [-0.3, -0.25) is 9.59 Å². The van der Waals surface area contributed by atoms with Gasteiger partial charge in [-0.25, -0.2) is 4.79 Å². The summed E-state index contributed by atoms with van der Waals surface area (Å²) in [5, 5.41) is 0.790. The molecule has 29 heavy (non-hydrogen) atoms. The Morgan fingerprint density at radius 2 is 2.03 bits per heavy atom. The number of amides is 1. The first-order valence-corrected chi connectivity index (χ1v) is 10.3. The van der Waals surface area contributed by atoms with Crippen molar-refractivity contribution in [2.75, 3.05) is 13.1 Å². The summed E-state index contributed by atoms with van der Waals surface area (Å²) in [6.07, 6.45) is 1.94. The molecule has 1 aliphatic heterocycles. The minimum Gasteiger partial charge on any atom is -0.461 e. The van der Waals surface area contributed by atoms with E-state index in [2.05, 4.69) is 13.8 Å². The first-order chi connectivity index (χ1) is 13.8. The van der Waals surface area contributed by atoms with Crippen LogP contribution in [-0.2, 0) is 20.9 Å². The number of hydrogen-bond donors (Lipinski definition) is 0. The third-order valence-corrected chi connectivity index (χ3v) is 5.62. The minimum atomic E-state index is -0.461. The van der Waals surface area contributed by atoms with Crippen LogP contribution in [0.2, 0.25) is 0 Å². The van der Waals surface area contributed by atoms with Crippen molar-refractivity contribution in [2.45, 2.75) is 59.5 Å². The van der Waals surface area contributed by atoms with Gasteiger partial charge in [-0.05, 0) is 48.9 Å². The molecule has 0 saturated carbocycles. The molecule has 0 spiro atoms. The molecule has 3 rings (SSSR count). The Morgan fingerprint density at radius 1 is 1.28 bits per heavy atom. The lowest BCUT2D eigenvalue weighted by atomic mass is 9.95. The Morgan fingerprint density at radius 3 is 2.72 bits per heavy atom. The fourth-order valence-electron chi connectivity index (χ4n) is 4.02. The second-order valence-corrected chi connectivity index (χ2v) is 8.09. The highest BCUT2D eigenvalue weighted by molar-refractivity contribution is 5.82. The first kappa shape index (κ1) is 21.1. The van der Waals surface area contributed by atoms with Crippen molar-refractivity contribution in [1.29, 1.82) is 0 Å². The summed E-state index contributed by atoms with van der Waals surface area (Å²) in [6.45, 7) is 9.15. The van der Waals surface area contributed by atoms with E-state index in [0.29, 0.717) is 43.0 Å². The van der Waals surface area contributed by atoms with Gasteiger partial charge in [0.25, 0.3) is 0 Å². The van der Waals surface area contributed by atoms with Crippen LogP contribution in [0.1, 0.15) is 62.6 Å². The number of carbonyl (C=O) groups excluding carboxylic acids is 2. The van der Waals surface area contributed by atoms with Crippen LogP contribution in [0.4, 0.5) is 0 Å². The van der Waals surface area contributed by atoms with Crippen LogP contribution in [-0.4, -0.2) is 29.9 Å². The van der Waals surface area contributed by atoms with Crippen molar-refractivity contribution in [1.82, 2.24) is 4.90 Å². The highest BCUT2D eigenvalue weighted by Crippen LogP contribution is 2.27. The molecule has 2 heterocycles. The maximum absolute atomic E-state index is 12.6. The second-order valence-electron chi connectivity index (χ2n) is 8.09. The average Bonchev–Trinajstić information content (AvgIpc) is 2.70. The number of ether oxygens (including phenoxy) is 1. The number of rotatable bonds is 5. The summed E-state index contributed by atoms with van der Waals surface area (Å²) in [5.74, 6) is -0.257.